The van der Waals surface area contributed by atoms with Crippen LogP contribution in [0.1, 0.15) is 5.56 Å². The van der Waals surface area contributed by atoms with Crippen LogP contribution < -0.4 is 4.90 Å². The van der Waals surface area contributed by atoms with Crippen LogP contribution in [0.5, 0.6) is 0 Å². The zero-order valence-electron chi connectivity index (χ0n) is 12.6. The molecule has 0 saturated heterocycles. The number of carbonyl (C=O) groups is 1. The van der Waals surface area contributed by atoms with Gasteiger partial charge in [0.15, 0.2) is 0 Å². The molecule has 0 aliphatic carbocycles. The number of rotatable bonds is 3. The highest BCUT2D eigenvalue weighted by atomic mass is 35.5. The smallest absolute Gasteiger partial charge is 0.246 e. The molecule has 0 bridgehead atoms. The van der Waals surface area contributed by atoms with E-state index in [1.165, 1.54) is 0 Å². The maximum Gasteiger partial charge on any atom is 0.246 e. The molecule has 3 aromatic carbocycles. The summed E-state index contributed by atoms with van der Waals surface area (Å²) in [4.78, 5) is 14.1. The van der Waals surface area contributed by atoms with E-state index in [-0.39, 0.29) is 11.8 Å². The van der Waals surface area contributed by atoms with Crippen LogP contribution in [-0.4, -0.2) is 11.8 Å². The van der Waals surface area contributed by atoms with E-state index in [2.05, 4.69) is 0 Å². The van der Waals surface area contributed by atoms with Crippen molar-refractivity contribution in [1.82, 2.24) is 0 Å². The number of hydrogen-bond acceptors (Lipinski definition) is 1. The van der Waals surface area contributed by atoms with Gasteiger partial charge in [-0.15, -0.1) is 11.6 Å². The first-order valence-corrected chi connectivity index (χ1v) is 8.16. The van der Waals surface area contributed by atoms with Crippen LogP contribution in [0.2, 0.25) is 5.02 Å². The van der Waals surface area contributed by atoms with Gasteiger partial charge < -0.3 is 0 Å². The van der Waals surface area contributed by atoms with Gasteiger partial charge in [0, 0.05) is 11.1 Å². The van der Waals surface area contributed by atoms with Gasteiger partial charge in [-0.3, -0.25) is 9.69 Å². The molecule has 0 radical (unpaired) electrons. The van der Waals surface area contributed by atoms with Gasteiger partial charge in [0.05, 0.1) is 10.7 Å². The Balaban J connectivity index is 2.33. The number of nitrogens with zero attached hydrogens (tertiary/aromatic N) is 1. The van der Waals surface area contributed by atoms with Crippen molar-refractivity contribution in [3.05, 3.63) is 71.2 Å². The Morgan fingerprint density at radius 1 is 1.00 bits per heavy atom. The predicted octanol–water partition coefficient (Wildman–Crippen LogP) is 5.71. The summed E-state index contributed by atoms with van der Waals surface area (Å²) in [5, 5.41) is 2.53. The summed E-state index contributed by atoms with van der Waals surface area (Å²) in [6.45, 7) is 2.01. The average Bonchev–Trinajstić information content (AvgIpc) is 2.58. The number of alkyl halides is 1. The third-order valence-electron chi connectivity index (χ3n) is 3.78. The van der Waals surface area contributed by atoms with Crippen molar-refractivity contribution in [2.45, 2.75) is 6.92 Å². The van der Waals surface area contributed by atoms with Crippen LogP contribution >= 0.6 is 23.2 Å². The highest BCUT2D eigenvalue weighted by molar-refractivity contribution is 6.38. The molecule has 0 N–H and O–H groups in total. The van der Waals surface area contributed by atoms with Crippen molar-refractivity contribution >= 4 is 51.3 Å². The quantitative estimate of drug-likeness (QED) is 0.558. The lowest BCUT2D eigenvalue weighted by atomic mass is 10.0. The third kappa shape index (κ3) is 2.92. The Labute approximate surface area is 145 Å². The number of amides is 1. The molecule has 116 valence electrons. The van der Waals surface area contributed by atoms with Crippen molar-refractivity contribution in [3.63, 3.8) is 0 Å². The van der Waals surface area contributed by atoms with E-state index in [4.69, 9.17) is 23.2 Å². The van der Waals surface area contributed by atoms with Gasteiger partial charge >= 0.3 is 0 Å². The molecular weight excluding hydrogens is 329 g/mol. The molecule has 1 amide bonds. The number of anilines is 2. The Hall–Kier alpha value is -2.03. The molecular formula is C19H15Cl2NO. The average molecular weight is 344 g/mol. The summed E-state index contributed by atoms with van der Waals surface area (Å²) in [5.41, 5.74) is 2.49. The van der Waals surface area contributed by atoms with Gasteiger partial charge in [0.2, 0.25) is 5.91 Å². The summed E-state index contributed by atoms with van der Waals surface area (Å²) in [6, 6.07) is 19.2. The number of benzene rings is 3. The molecule has 0 atom stereocenters. The second-order valence-electron chi connectivity index (χ2n) is 5.27. The predicted molar refractivity (Wildman–Crippen MR) is 98.0 cm³/mol. The summed E-state index contributed by atoms with van der Waals surface area (Å²) < 4.78 is 0. The molecule has 0 heterocycles. The third-order valence-corrected chi connectivity index (χ3v) is 4.29. The summed E-state index contributed by atoms with van der Waals surface area (Å²) in [6.07, 6.45) is 0. The van der Waals surface area contributed by atoms with E-state index in [1.807, 2.05) is 67.6 Å². The Morgan fingerprint density at radius 2 is 1.61 bits per heavy atom. The normalized spacial score (nSPS) is 10.7. The number of aryl methyl sites for hydroxylation is 1. The van der Waals surface area contributed by atoms with Crippen molar-refractivity contribution in [1.29, 1.82) is 0 Å². The fraction of sp³-hybridized carbons (Fsp3) is 0.105. The van der Waals surface area contributed by atoms with Gasteiger partial charge in [-0.2, -0.15) is 0 Å². The minimum Gasteiger partial charge on any atom is -0.278 e. The lowest BCUT2D eigenvalue weighted by Gasteiger charge is -2.25. The molecule has 0 unspecified atom stereocenters. The first kappa shape index (κ1) is 15.9. The van der Waals surface area contributed by atoms with Crippen LogP contribution in [0.25, 0.3) is 10.8 Å². The van der Waals surface area contributed by atoms with Crippen LogP contribution in [0.4, 0.5) is 11.4 Å². The summed E-state index contributed by atoms with van der Waals surface area (Å²) >= 11 is 12.4. The molecule has 4 heteroatoms. The number of hydrogen-bond donors (Lipinski definition) is 0. The van der Waals surface area contributed by atoms with Gasteiger partial charge in [-0.1, -0.05) is 54.1 Å². The van der Waals surface area contributed by atoms with Gasteiger partial charge in [0.1, 0.15) is 5.88 Å². The van der Waals surface area contributed by atoms with Crippen molar-refractivity contribution in [3.8, 4) is 0 Å². The molecule has 0 aromatic heterocycles. The highest BCUT2D eigenvalue weighted by Gasteiger charge is 2.22. The van der Waals surface area contributed by atoms with Crippen molar-refractivity contribution in [2.75, 3.05) is 10.8 Å². The molecule has 2 nitrogen and oxygen atoms in total. The van der Waals surface area contributed by atoms with Crippen LogP contribution in [-0.2, 0) is 4.79 Å². The number of fused-ring (bicyclic) bond motifs is 1. The zero-order chi connectivity index (χ0) is 16.4. The maximum atomic E-state index is 12.5. The van der Waals surface area contributed by atoms with Gasteiger partial charge in [0.25, 0.3) is 0 Å². The second kappa shape index (κ2) is 6.61. The number of carbonyl (C=O) groups excluding carboxylic acids is 1. The fourth-order valence-electron chi connectivity index (χ4n) is 2.76. The number of halogens is 2. The van der Waals surface area contributed by atoms with Crippen LogP contribution in [0.3, 0.4) is 0 Å². The topological polar surface area (TPSA) is 20.3 Å². The van der Waals surface area contributed by atoms with E-state index < -0.39 is 0 Å². The van der Waals surface area contributed by atoms with Crippen molar-refractivity contribution < 1.29 is 4.79 Å². The Kier molecular flexibility index (Phi) is 4.56. The minimum atomic E-state index is -0.214. The molecule has 3 rings (SSSR count). The van der Waals surface area contributed by atoms with Crippen LogP contribution in [0.15, 0.2) is 60.7 Å². The lowest BCUT2D eigenvalue weighted by Crippen LogP contribution is -2.27. The maximum absolute atomic E-state index is 12.5. The lowest BCUT2D eigenvalue weighted by molar-refractivity contribution is -0.115. The monoisotopic (exact) mass is 343 g/mol. The first-order chi connectivity index (χ1) is 11.1. The molecule has 0 saturated carbocycles. The molecule has 0 aliphatic heterocycles. The first-order valence-electron chi connectivity index (χ1n) is 7.25. The second-order valence-corrected chi connectivity index (χ2v) is 5.94. The van der Waals surface area contributed by atoms with E-state index >= 15 is 0 Å². The molecule has 3 aromatic rings. The van der Waals surface area contributed by atoms with E-state index in [0.717, 1.165) is 22.0 Å². The zero-order valence-corrected chi connectivity index (χ0v) is 14.1. The van der Waals surface area contributed by atoms with Gasteiger partial charge in [-0.05, 0) is 36.1 Å². The van der Waals surface area contributed by atoms with E-state index in [1.54, 1.807) is 4.90 Å². The SMILES string of the molecule is Cc1cc(Cl)c(N(C(=O)CCl)c2ccccc2)c2ccccc12. The molecule has 23 heavy (non-hydrogen) atoms. The minimum absolute atomic E-state index is 0.118. The largest absolute Gasteiger partial charge is 0.278 e. The summed E-state index contributed by atoms with van der Waals surface area (Å²) in [7, 11) is 0. The number of para-hydroxylation sites is 1. The van der Waals surface area contributed by atoms with E-state index in [9.17, 15) is 4.79 Å². The van der Waals surface area contributed by atoms with Gasteiger partial charge in [-0.25, -0.2) is 0 Å². The summed E-state index contributed by atoms with van der Waals surface area (Å²) in [5.74, 6) is -0.332. The van der Waals surface area contributed by atoms with Crippen LogP contribution in [0, 0.1) is 6.92 Å². The van der Waals surface area contributed by atoms with E-state index in [0.29, 0.717) is 10.7 Å². The highest BCUT2D eigenvalue weighted by Crippen LogP contribution is 2.40. The molecule has 0 fully saturated rings. The Bertz CT molecular complexity index is 862. The van der Waals surface area contributed by atoms with Crippen molar-refractivity contribution in [2.24, 2.45) is 0 Å². The standard InChI is InChI=1S/C19H15Cl2NO/c1-13-11-17(21)19(16-10-6-5-9-15(13)16)22(18(23)12-20)14-7-3-2-4-8-14/h2-11H,12H2,1H3. The Morgan fingerprint density at radius 3 is 2.26 bits per heavy atom. The molecule has 0 spiro atoms. The fourth-order valence-corrected chi connectivity index (χ4v) is 3.23. The molecule has 0 aliphatic rings.